The summed E-state index contributed by atoms with van der Waals surface area (Å²) in [5, 5.41) is 0. The summed E-state index contributed by atoms with van der Waals surface area (Å²) < 4.78 is 33.2. The largest absolute Gasteiger partial charge is 0.472 e. The molecule has 0 aromatic heterocycles. The van der Waals surface area contributed by atoms with Gasteiger partial charge >= 0.3 is 13.8 Å². The summed E-state index contributed by atoms with van der Waals surface area (Å²) in [7, 11) is -4.26. The molecule has 0 fully saturated rings. The van der Waals surface area contributed by atoms with Gasteiger partial charge in [0.1, 0.15) is 6.10 Å². The molecule has 0 rings (SSSR count). The summed E-state index contributed by atoms with van der Waals surface area (Å²) >= 11 is 0. The third-order valence-electron chi connectivity index (χ3n) is 7.43. The van der Waals surface area contributed by atoms with Crippen molar-refractivity contribution in [2.24, 2.45) is 5.73 Å². The quantitative estimate of drug-likeness (QED) is 0.0311. The van der Waals surface area contributed by atoms with Crippen molar-refractivity contribution in [3.05, 3.63) is 12.2 Å². The highest BCUT2D eigenvalue weighted by molar-refractivity contribution is 7.47. The molecule has 0 bridgehead atoms. The van der Waals surface area contributed by atoms with Gasteiger partial charge in [0.15, 0.2) is 0 Å². The van der Waals surface area contributed by atoms with E-state index in [1.54, 1.807) is 0 Å². The van der Waals surface area contributed by atoms with E-state index < -0.39 is 13.9 Å². The molecule has 0 radical (unpaired) electrons. The molecule has 0 saturated carbocycles. The highest BCUT2D eigenvalue weighted by atomic mass is 31.2. The lowest BCUT2D eigenvalue weighted by molar-refractivity contribution is -0.154. The van der Waals surface area contributed by atoms with Gasteiger partial charge in [0.25, 0.3) is 0 Å². The molecule has 0 aromatic carbocycles. The Balaban J connectivity index is 4.11. The van der Waals surface area contributed by atoms with Gasteiger partial charge in [-0.05, 0) is 32.1 Å². The number of esters is 1. The second-order valence-electron chi connectivity index (χ2n) is 11.7. The molecular formula is C34H68NO7P. The number of rotatable bonds is 34. The first-order valence-corrected chi connectivity index (χ1v) is 19.2. The van der Waals surface area contributed by atoms with Gasteiger partial charge in [-0.1, -0.05) is 135 Å². The highest BCUT2D eigenvalue weighted by Gasteiger charge is 2.25. The van der Waals surface area contributed by atoms with Crippen LogP contribution in [0, 0.1) is 0 Å². The lowest BCUT2D eigenvalue weighted by atomic mass is 10.0. The molecule has 0 aliphatic carbocycles. The predicted molar refractivity (Wildman–Crippen MR) is 178 cm³/mol. The Bertz CT molecular complexity index is 677. The van der Waals surface area contributed by atoms with E-state index in [9.17, 15) is 14.3 Å². The second kappa shape index (κ2) is 32.6. The molecule has 8 nitrogen and oxygen atoms in total. The fraction of sp³-hybridized carbons (Fsp3) is 0.912. The molecule has 0 aromatic rings. The minimum atomic E-state index is -4.26. The van der Waals surface area contributed by atoms with Crippen molar-refractivity contribution in [1.29, 1.82) is 0 Å². The Labute approximate surface area is 264 Å². The van der Waals surface area contributed by atoms with Crippen molar-refractivity contribution >= 4 is 13.8 Å². The van der Waals surface area contributed by atoms with E-state index >= 15 is 0 Å². The number of ether oxygens (including phenoxy) is 2. The van der Waals surface area contributed by atoms with Gasteiger partial charge in [0.05, 0.1) is 19.8 Å². The summed E-state index contributed by atoms with van der Waals surface area (Å²) in [5.74, 6) is -0.340. The molecule has 256 valence electrons. The maximum Gasteiger partial charge on any atom is 0.472 e. The van der Waals surface area contributed by atoms with Gasteiger partial charge in [-0.25, -0.2) is 4.57 Å². The zero-order valence-electron chi connectivity index (χ0n) is 28.0. The van der Waals surface area contributed by atoms with Crippen LogP contribution in [0.2, 0.25) is 0 Å². The lowest BCUT2D eigenvalue weighted by Crippen LogP contribution is -2.28. The summed E-state index contributed by atoms with van der Waals surface area (Å²) in [6.45, 7) is 4.88. The molecule has 2 atom stereocenters. The topological polar surface area (TPSA) is 117 Å². The molecule has 9 heteroatoms. The predicted octanol–water partition coefficient (Wildman–Crippen LogP) is 9.58. The van der Waals surface area contributed by atoms with Crippen molar-refractivity contribution in [1.82, 2.24) is 0 Å². The second-order valence-corrected chi connectivity index (χ2v) is 13.2. The van der Waals surface area contributed by atoms with Gasteiger partial charge in [0, 0.05) is 19.6 Å². The van der Waals surface area contributed by atoms with Crippen LogP contribution in [-0.4, -0.2) is 49.9 Å². The van der Waals surface area contributed by atoms with Gasteiger partial charge < -0.3 is 20.1 Å². The van der Waals surface area contributed by atoms with Crippen LogP contribution >= 0.6 is 7.82 Å². The van der Waals surface area contributed by atoms with E-state index in [0.717, 1.165) is 44.9 Å². The monoisotopic (exact) mass is 633 g/mol. The van der Waals surface area contributed by atoms with Gasteiger partial charge in [-0.15, -0.1) is 0 Å². The van der Waals surface area contributed by atoms with Crippen molar-refractivity contribution in [3.8, 4) is 0 Å². The van der Waals surface area contributed by atoms with Crippen molar-refractivity contribution in [2.45, 2.75) is 168 Å². The normalized spacial score (nSPS) is 13.9. The first-order valence-electron chi connectivity index (χ1n) is 17.7. The zero-order chi connectivity index (χ0) is 31.7. The average Bonchev–Trinajstić information content (AvgIpc) is 2.99. The number of hydrogen-bond donors (Lipinski definition) is 2. The fourth-order valence-electron chi connectivity index (χ4n) is 4.80. The summed E-state index contributed by atoms with van der Waals surface area (Å²) in [6, 6.07) is 0. The maximum absolute atomic E-state index is 12.4. The van der Waals surface area contributed by atoms with E-state index in [2.05, 4.69) is 26.0 Å². The molecule has 0 amide bonds. The van der Waals surface area contributed by atoms with Crippen LogP contribution in [0.3, 0.4) is 0 Å². The van der Waals surface area contributed by atoms with Gasteiger partial charge in [-0.3, -0.25) is 13.8 Å². The smallest absolute Gasteiger partial charge is 0.457 e. The van der Waals surface area contributed by atoms with Crippen LogP contribution in [0.1, 0.15) is 162 Å². The molecule has 0 spiro atoms. The summed E-state index contributed by atoms with van der Waals surface area (Å²) in [6.07, 6.45) is 30.7. The Morgan fingerprint density at radius 2 is 1.19 bits per heavy atom. The molecule has 0 heterocycles. The minimum absolute atomic E-state index is 0.0943. The van der Waals surface area contributed by atoms with E-state index in [-0.39, 0.29) is 32.3 Å². The SMILES string of the molecule is CCCC/C=C\CCCCCCCC(=O)OC(COCCCCCCCCCCCCCCC)COP(=O)(O)OCCN. The highest BCUT2D eigenvalue weighted by Crippen LogP contribution is 2.43. The van der Waals surface area contributed by atoms with Crippen molar-refractivity contribution < 1.29 is 32.8 Å². The number of carbonyl (C=O) groups is 1. The Kier molecular flexibility index (Phi) is 32.1. The maximum atomic E-state index is 12.4. The van der Waals surface area contributed by atoms with Crippen LogP contribution in [0.5, 0.6) is 0 Å². The molecule has 3 N–H and O–H groups in total. The Morgan fingerprint density at radius 1 is 0.674 bits per heavy atom. The number of carbonyl (C=O) groups excluding carboxylic acids is 1. The first-order chi connectivity index (χ1) is 20.9. The summed E-state index contributed by atoms with van der Waals surface area (Å²) in [5.41, 5.74) is 5.34. The number of nitrogens with two attached hydrogens (primary N) is 1. The Morgan fingerprint density at radius 3 is 1.77 bits per heavy atom. The molecule has 0 saturated heterocycles. The Hall–Kier alpha value is -0.760. The number of phosphoric ester groups is 1. The number of allylic oxidation sites excluding steroid dienone is 2. The number of hydrogen-bond acceptors (Lipinski definition) is 7. The molecule has 43 heavy (non-hydrogen) atoms. The van der Waals surface area contributed by atoms with Crippen LogP contribution in [0.25, 0.3) is 0 Å². The molecular weight excluding hydrogens is 565 g/mol. The standard InChI is InChI=1S/C34H68NO7P/c1-3-5-7-9-11-13-15-16-18-20-22-24-26-29-39-31-33(32-41-43(37,38)40-30-28-35)42-34(36)27-25-23-21-19-17-14-12-10-8-6-4-2/h10,12,33H,3-9,11,13-32,35H2,1-2H3,(H,37,38)/b12-10-. The van der Waals surface area contributed by atoms with Crippen LogP contribution in [0.4, 0.5) is 0 Å². The van der Waals surface area contributed by atoms with Crippen molar-refractivity contribution in [3.63, 3.8) is 0 Å². The van der Waals surface area contributed by atoms with Gasteiger partial charge in [0.2, 0.25) is 0 Å². The third kappa shape index (κ3) is 32.4. The zero-order valence-corrected chi connectivity index (χ0v) is 28.8. The average molecular weight is 634 g/mol. The third-order valence-corrected chi connectivity index (χ3v) is 8.42. The van der Waals surface area contributed by atoms with E-state index in [0.29, 0.717) is 13.0 Å². The van der Waals surface area contributed by atoms with Crippen LogP contribution in [0.15, 0.2) is 12.2 Å². The molecule has 0 aliphatic rings. The van der Waals surface area contributed by atoms with E-state index in [1.807, 2.05) is 0 Å². The van der Waals surface area contributed by atoms with Crippen LogP contribution in [-0.2, 0) is 27.9 Å². The van der Waals surface area contributed by atoms with Gasteiger partial charge in [-0.2, -0.15) is 0 Å². The summed E-state index contributed by atoms with van der Waals surface area (Å²) in [4.78, 5) is 22.3. The number of phosphoric acid groups is 1. The van der Waals surface area contributed by atoms with Crippen LogP contribution < -0.4 is 5.73 Å². The lowest BCUT2D eigenvalue weighted by Gasteiger charge is -2.20. The molecule has 2 unspecified atom stereocenters. The molecule has 0 aliphatic heterocycles. The van der Waals surface area contributed by atoms with Crippen molar-refractivity contribution in [2.75, 3.05) is 33.0 Å². The first kappa shape index (κ1) is 42.2. The number of unbranched alkanes of at least 4 members (excludes halogenated alkanes) is 19. The van der Waals surface area contributed by atoms with E-state index in [1.165, 1.54) is 96.3 Å². The van der Waals surface area contributed by atoms with E-state index in [4.69, 9.17) is 24.3 Å². The fourth-order valence-corrected chi connectivity index (χ4v) is 5.57. The minimum Gasteiger partial charge on any atom is -0.457 e.